The molecule has 0 bridgehead atoms. The highest BCUT2D eigenvalue weighted by Crippen LogP contribution is 2.16. The van der Waals surface area contributed by atoms with E-state index in [-0.39, 0.29) is 24.1 Å². The molecule has 0 atom stereocenters. The van der Waals surface area contributed by atoms with Crippen molar-refractivity contribution in [2.24, 2.45) is 0 Å². The Morgan fingerprint density at radius 1 is 1.21 bits per heavy atom. The van der Waals surface area contributed by atoms with Crippen molar-refractivity contribution in [3.63, 3.8) is 0 Å². The van der Waals surface area contributed by atoms with Crippen molar-refractivity contribution in [3.05, 3.63) is 18.0 Å². The second-order valence-electron chi connectivity index (χ2n) is 6.67. The van der Waals surface area contributed by atoms with E-state index in [2.05, 4.69) is 15.3 Å². The van der Waals surface area contributed by atoms with Crippen LogP contribution in [0.25, 0.3) is 0 Å². The molecule has 1 fully saturated rings. The van der Waals surface area contributed by atoms with Gasteiger partial charge in [-0.05, 0) is 33.6 Å². The molecule has 8 heteroatoms. The van der Waals surface area contributed by atoms with Crippen LogP contribution in [-0.4, -0.2) is 58.7 Å². The Morgan fingerprint density at radius 2 is 1.79 bits per heavy atom. The fourth-order valence-electron chi connectivity index (χ4n) is 2.34. The Kier molecular flexibility index (Phi) is 5.58. The van der Waals surface area contributed by atoms with E-state index >= 15 is 0 Å². The Bertz CT molecular complexity index is 575. The summed E-state index contributed by atoms with van der Waals surface area (Å²) in [5, 5.41) is 2.94. The van der Waals surface area contributed by atoms with Gasteiger partial charge in [0.15, 0.2) is 0 Å². The van der Waals surface area contributed by atoms with E-state index in [4.69, 9.17) is 9.47 Å². The largest absolute Gasteiger partial charge is 0.467 e. The molecule has 1 saturated heterocycles. The van der Waals surface area contributed by atoms with Crippen LogP contribution in [0, 0.1) is 0 Å². The first-order valence-electron chi connectivity index (χ1n) is 7.93. The van der Waals surface area contributed by atoms with E-state index in [1.54, 1.807) is 4.90 Å². The van der Waals surface area contributed by atoms with Gasteiger partial charge in [0.05, 0.1) is 12.7 Å². The van der Waals surface area contributed by atoms with Crippen molar-refractivity contribution in [2.45, 2.75) is 45.3 Å². The summed E-state index contributed by atoms with van der Waals surface area (Å²) in [7, 11) is 1.47. The summed E-state index contributed by atoms with van der Waals surface area (Å²) in [4.78, 5) is 33.7. The number of hydrogen-bond acceptors (Lipinski definition) is 6. The molecule has 1 N–H and O–H groups in total. The van der Waals surface area contributed by atoms with Gasteiger partial charge in [0, 0.05) is 31.5 Å². The summed E-state index contributed by atoms with van der Waals surface area (Å²) >= 11 is 0. The molecular formula is C16H24N4O4. The van der Waals surface area contributed by atoms with E-state index in [0.29, 0.717) is 31.5 Å². The van der Waals surface area contributed by atoms with Crippen molar-refractivity contribution >= 4 is 12.0 Å². The minimum absolute atomic E-state index is 0.0123. The zero-order valence-electron chi connectivity index (χ0n) is 14.5. The Hall–Kier alpha value is -2.38. The molecule has 132 valence electrons. The molecule has 2 amide bonds. The summed E-state index contributed by atoms with van der Waals surface area (Å²) in [5.74, 6) is -0.228. The highest BCUT2D eigenvalue weighted by molar-refractivity contribution is 5.93. The molecule has 0 spiro atoms. The molecule has 1 aliphatic rings. The van der Waals surface area contributed by atoms with Gasteiger partial charge in [0.2, 0.25) is 0 Å². The number of ether oxygens (including phenoxy) is 2. The number of carbonyl (C=O) groups is 2. The van der Waals surface area contributed by atoms with Gasteiger partial charge in [-0.15, -0.1) is 0 Å². The summed E-state index contributed by atoms with van der Waals surface area (Å²) in [5.41, 5.74) is -0.123. The predicted octanol–water partition coefficient (Wildman–Crippen LogP) is 1.61. The molecule has 0 aliphatic carbocycles. The summed E-state index contributed by atoms with van der Waals surface area (Å²) in [6.45, 7) is 6.64. The maximum Gasteiger partial charge on any atom is 0.410 e. The number of aromatic nitrogens is 2. The molecule has 1 aromatic heterocycles. The number of nitrogens with one attached hydrogen (secondary N) is 1. The number of rotatable bonds is 3. The number of nitrogens with zero attached hydrogens (tertiary/aromatic N) is 3. The molecule has 0 saturated carbocycles. The summed E-state index contributed by atoms with van der Waals surface area (Å²) < 4.78 is 10.2. The molecule has 24 heavy (non-hydrogen) atoms. The van der Waals surface area contributed by atoms with Crippen LogP contribution in [0.1, 0.15) is 44.0 Å². The van der Waals surface area contributed by atoms with Crippen LogP contribution in [0.5, 0.6) is 6.01 Å². The predicted molar refractivity (Wildman–Crippen MR) is 86.9 cm³/mol. The van der Waals surface area contributed by atoms with Crippen molar-refractivity contribution < 1.29 is 19.1 Å². The summed E-state index contributed by atoms with van der Waals surface area (Å²) in [6, 6.07) is 0.232. The third kappa shape index (κ3) is 5.07. The fourth-order valence-corrected chi connectivity index (χ4v) is 2.34. The molecule has 0 radical (unpaired) electrons. The van der Waals surface area contributed by atoms with E-state index in [0.717, 1.165) is 0 Å². The lowest BCUT2D eigenvalue weighted by atomic mass is 10.1. The normalized spacial score (nSPS) is 15.8. The number of amides is 2. The molecule has 1 aromatic rings. The van der Waals surface area contributed by atoms with Crippen LogP contribution in [0.4, 0.5) is 4.79 Å². The first-order valence-corrected chi connectivity index (χ1v) is 7.93. The van der Waals surface area contributed by atoms with Crippen LogP contribution in [0.3, 0.4) is 0 Å². The molecule has 2 heterocycles. The van der Waals surface area contributed by atoms with Gasteiger partial charge in [-0.1, -0.05) is 0 Å². The number of hydrogen-bond donors (Lipinski definition) is 1. The lowest BCUT2D eigenvalue weighted by Crippen LogP contribution is -2.47. The average molecular weight is 336 g/mol. The molecule has 8 nitrogen and oxygen atoms in total. The van der Waals surface area contributed by atoms with Gasteiger partial charge in [0.1, 0.15) is 5.60 Å². The number of methoxy groups -OCH3 is 1. The quantitative estimate of drug-likeness (QED) is 0.901. The van der Waals surface area contributed by atoms with Gasteiger partial charge in [0.25, 0.3) is 5.91 Å². The Labute approximate surface area is 141 Å². The van der Waals surface area contributed by atoms with E-state index < -0.39 is 5.60 Å². The number of likely N-dealkylation sites (tertiary alicyclic amines) is 1. The molecule has 0 unspecified atom stereocenters. The third-order valence-electron chi connectivity index (χ3n) is 3.55. The van der Waals surface area contributed by atoms with Crippen molar-refractivity contribution in [1.82, 2.24) is 20.2 Å². The van der Waals surface area contributed by atoms with Crippen molar-refractivity contribution in [2.75, 3.05) is 20.2 Å². The first kappa shape index (κ1) is 18.0. The second-order valence-corrected chi connectivity index (χ2v) is 6.67. The number of carbonyl (C=O) groups excluding carboxylic acids is 2. The molecule has 0 aromatic carbocycles. The van der Waals surface area contributed by atoms with E-state index in [1.807, 2.05) is 20.8 Å². The highest BCUT2D eigenvalue weighted by Gasteiger charge is 2.27. The topological polar surface area (TPSA) is 93.7 Å². The smallest absolute Gasteiger partial charge is 0.410 e. The zero-order valence-corrected chi connectivity index (χ0v) is 14.5. The zero-order chi connectivity index (χ0) is 17.7. The van der Waals surface area contributed by atoms with Gasteiger partial charge < -0.3 is 19.7 Å². The van der Waals surface area contributed by atoms with Crippen molar-refractivity contribution in [1.29, 1.82) is 0 Å². The van der Waals surface area contributed by atoms with Crippen LogP contribution < -0.4 is 10.1 Å². The van der Waals surface area contributed by atoms with Crippen LogP contribution in [-0.2, 0) is 4.74 Å². The SMILES string of the molecule is COc1ncc(C(=O)NC2CCN(C(=O)OC(C)(C)C)CC2)cn1. The standard InChI is InChI=1S/C16H24N4O4/c1-16(2,3)24-15(22)20-7-5-12(6-8-20)19-13(21)11-9-17-14(23-4)18-10-11/h9-10,12H,5-8H2,1-4H3,(H,19,21). The maximum absolute atomic E-state index is 12.2. The lowest BCUT2D eigenvalue weighted by molar-refractivity contribution is 0.0199. The fraction of sp³-hybridized carbons (Fsp3) is 0.625. The van der Waals surface area contributed by atoms with Crippen molar-refractivity contribution in [3.8, 4) is 6.01 Å². The minimum Gasteiger partial charge on any atom is -0.467 e. The first-order chi connectivity index (χ1) is 11.3. The highest BCUT2D eigenvalue weighted by atomic mass is 16.6. The Morgan fingerprint density at radius 3 is 2.29 bits per heavy atom. The molecule has 1 aliphatic heterocycles. The van der Waals surface area contributed by atoms with Crippen LogP contribution in [0.15, 0.2) is 12.4 Å². The minimum atomic E-state index is -0.503. The lowest BCUT2D eigenvalue weighted by Gasteiger charge is -2.33. The van der Waals surface area contributed by atoms with Gasteiger partial charge in [-0.2, -0.15) is 0 Å². The van der Waals surface area contributed by atoms with Crippen LogP contribution >= 0.6 is 0 Å². The Balaban J connectivity index is 1.82. The number of piperidine rings is 1. The third-order valence-corrected chi connectivity index (χ3v) is 3.55. The van der Waals surface area contributed by atoms with E-state index in [1.165, 1.54) is 19.5 Å². The van der Waals surface area contributed by atoms with E-state index in [9.17, 15) is 9.59 Å². The van der Waals surface area contributed by atoms with Gasteiger partial charge in [-0.3, -0.25) is 4.79 Å². The monoisotopic (exact) mass is 336 g/mol. The van der Waals surface area contributed by atoms with Crippen LogP contribution in [0.2, 0.25) is 0 Å². The van der Waals surface area contributed by atoms with Gasteiger partial charge in [-0.25, -0.2) is 14.8 Å². The van der Waals surface area contributed by atoms with Gasteiger partial charge >= 0.3 is 12.1 Å². The molecular weight excluding hydrogens is 312 g/mol. The summed E-state index contributed by atoms with van der Waals surface area (Å²) in [6.07, 6.45) is 3.91. The second kappa shape index (κ2) is 7.46. The molecule has 2 rings (SSSR count). The average Bonchev–Trinajstić information content (AvgIpc) is 2.54. The maximum atomic E-state index is 12.2.